The van der Waals surface area contributed by atoms with Crippen molar-refractivity contribution in [3.63, 3.8) is 0 Å². The maximum Gasteiger partial charge on any atom is 0.266 e. The number of carbonyl (C=O) groups is 1. The number of carbonyl (C=O) groups excluding carboxylic acids is 1. The molecule has 1 aromatic heterocycles. The molecule has 0 atom stereocenters. The fraction of sp³-hybridized carbons (Fsp3) is 0.440. The molecular formula is C25H31N3O3S. The average molecular weight is 454 g/mol. The Morgan fingerprint density at radius 1 is 1.09 bits per heavy atom. The van der Waals surface area contributed by atoms with Crippen molar-refractivity contribution in [3.8, 4) is 5.75 Å². The maximum absolute atomic E-state index is 13.3. The molecule has 0 N–H and O–H groups in total. The highest BCUT2D eigenvalue weighted by atomic mass is 32.1. The second-order valence-corrected chi connectivity index (χ2v) is 9.26. The van der Waals surface area contributed by atoms with Crippen LogP contribution < -0.4 is 9.64 Å². The van der Waals surface area contributed by atoms with E-state index in [0.29, 0.717) is 6.54 Å². The molecule has 1 aliphatic rings. The summed E-state index contributed by atoms with van der Waals surface area (Å²) in [6, 6.07) is 12.0. The third-order valence-corrected chi connectivity index (χ3v) is 7.08. The number of ether oxygens (including phenoxy) is 2. The summed E-state index contributed by atoms with van der Waals surface area (Å²) in [5.74, 6) is 0.676. The van der Waals surface area contributed by atoms with E-state index in [4.69, 9.17) is 14.5 Å². The molecule has 0 bridgehead atoms. The van der Waals surface area contributed by atoms with Gasteiger partial charge < -0.3 is 9.47 Å². The van der Waals surface area contributed by atoms with Crippen LogP contribution in [0.3, 0.4) is 0 Å². The summed E-state index contributed by atoms with van der Waals surface area (Å²) < 4.78 is 12.5. The molecule has 2 aromatic carbocycles. The number of hydrogen-bond donors (Lipinski definition) is 0. The number of morpholine rings is 1. The minimum absolute atomic E-state index is 0.00367. The molecular weight excluding hydrogens is 422 g/mol. The van der Waals surface area contributed by atoms with Crippen LogP contribution in [0, 0.1) is 20.8 Å². The second kappa shape index (κ2) is 10.4. The minimum Gasteiger partial charge on any atom is -0.483 e. The average Bonchev–Trinajstić information content (AvgIpc) is 3.26. The van der Waals surface area contributed by atoms with Crippen molar-refractivity contribution in [2.24, 2.45) is 0 Å². The fourth-order valence-electron chi connectivity index (χ4n) is 3.90. The zero-order valence-corrected chi connectivity index (χ0v) is 19.9. The molecule has 1 saturated heterocycles. The van der Waals surface area contributed by atoms with Gasteiger partial charge in [0.25, 0.3) is 5.91 Å². The maximum atomic E-state index is 13.3. The highest BCUT2D eigenvalue weighted by Gasteiger charge is 2.22. The third-order valence-electron chi connectivity index (χ3n) is 5.87. The fourth-order valence-corrected chi connectivity index (χ4v) is 5.06. The van der Waals surface area contributed by atoms with E-state index in [2.05, 4.69) is 30.9 Å². The lowest BCUT2D eigenvalue weighted by Crippen LogP contribution is -2.40. The lowest BCUT2D eigenvalue weighted by atomic mass is 10.1. The molecule has 1 aliphatic heterocycles. The van der Waals surface area contributed by atoms with Crippen molar-refractivity contribution < 1.29 is 14.3 Å². The van der Waals surface area contributed by atoms with Crippen LogP contribution in [0.5, 0.6) is 5.75 Å². The molecule has 1 fully saturated rings. The quantitative estimate of drug-likeness (QED) is 0.507. The van der Waals surface area contributed by atoms with Crippen LogP contribution in [0.1, 0.15) is 23.1 Å². The van der Waals surface area contributed by atoms with E-state index in [9.17, 15) is 4.79 Å². The minimum atomic E-state index is -0.0652. The van der Waals surface area contributed by atoms with Crippen LogP contribution in [-0.4, -0.2) is 61.8 Å². The first-order chi connectivity index (χ1) is 15.5. The Morgan fingerprint density at radius 3 is 2.59 bits per heavy atom. The molecule has 170 valence electrons. The van der Waals surface area contributed by atoms with E-state index in [1.807, 2.05) is 36.1 Å². The van der Waals surface area contributed by atoms with Crippen molar-refractivity contribution in [1.82, 2.24) is 9.88 Å². The Bertz CT molecular complexity index is 1040. The largest absolute Gasteiger partial charge is 0.483 e. The van der Waals surface area contributed by atoms with E-state index in [-0.39, 0.29) is 12.5 Å². The first-order valence-corrected chi connectivity index (χ1v) is 12.0. The number of anilines is 1. The normalized spacial score (nSPS) is 14.6. The number of aromatic nitrogens is 1. The number of amides is 1. The van der Waals surface area contributed by atoms with Gasteiger partial charge in [-0.05, 0) is 49.9 Å². The molecule has 0 saturated carbocycles. The van der Waals surface area contributed by atoms with Crippen LogP contribution in [0.2, 0.25) is 0 Å². The van der Waals surface area contributed by atoms with Gasteiger partial charge in [0.1, 0.15) is 5.75 Å². The molecule has 0 unspecified atom stereocenters. The van der Waals surface area contributed by atoms with Gasteiger partial charge in [-0.2, -0.15) is 0 Å². The number of thiazole rings is 1. The monoisotopic (exact) mass is 453 g/mol. The van der Waals surface area contributed by atoms with Crippen molar-refractivity contribution in [2.75, 3.05) is 50.9 Å². The third kappa shape index (κ3) is 5.28. The highest BCUT2D eigenvalue weighted by Crippen LogP contribution is 2.33. The molecule has 7 heteroatoms. The first-order valence-electron chi connectivity index (χ1n) is 11.2. The first kappa shape index (κ1) is 22.7. The van der Waals surface area contributed by atoms with Gasteiger partial charge in [0, 0.05) is 26.2 Å². The number of fused-ring (bicyclic) bond motifs is 1. The lowest BCUT2D eigenvalue weighted by Gasteiger charge is -2.27. The molecule has 32 heavy (non-hydrogen) atoms. The summed E-state index contributed by atoms with van der Waals surface area (Å²) >= 11 is 1.59. The summed E-state index contributed by atoms with van der Waals surface area (Å²) in [5, 5.41) is 0.748. The van der Waals surface area contributed by atoms with E-state index >= 15 is 0 Å². The zero-order chi connectivity index (χ0) is 22.5. The molecule has 1 amide bonds. The van der Waals surface area contributed by atoms with Gasteiger partial charge in [0.2, 0.25) is 0 Å². The zero-order valence-electron chi connectivity index (χ0n) is 19.1. The molecule has 0 spiro atoms. The smallest absolute Gasteiger partial charge is 0.266 e. The van der Waals surface area contributed by atoms with E-state index < -0.39 is 0 Å². The van der Waals surface area contributed by atoms with E-state index in [1.54, 1.807) is 11.3 Å². The molecule has 6 nitrogen and oxygen atoms in total. The standard InChI is InChI=1S/C25H31N3O3S/c1-18-7-4-5-8-21(18)31-17-22(29)28(12-6-11-27-13-15-30-16-14-27)25-26-23-19(2)9-10-20(3)24(23)32-25/h4-5,7-10H,6,11-17H2,1-3H3. The summed E-state index contributed by atoms with van der Waals surface area (Å²) in [5.41, 5.74) is 4.32. The Labute approximate surface area is 193 Å². The summed E-state index contributed by atoms with van der Waals surface area (Å²) in [6.07, 6.45) is 0.879. The molecule has 4 rings (SSSR count). The summed E-state index contributed by atoms with van der Waals surface area (Å²) in [7, 11) is 0. The summed E-state index contributed by atoms with van der Waals surface area (Å²) in [6.45, 7) is 11.2. The second-order valence-electron chi connectivity index (χ2n) is 8.28. The van der Waals surface area contributed by atoms with Crippen LogP contribution in [0.25, 0.3) is 10.2 Å². The Morgan fingerprint density at radius 2 is 1.84 bits per heavy atom. The number of hydrogen-bond acceptors (Lipinski definition) is 6. The van der Waals surface area contributed by atoms with Crippen LogP contribution in [0.4, 0.5) is 5.13 Å². The predicted molar refractivity (Wildman–Crippen MR) is 130 cm³/mol. The van der Waals surface area contributed by atoms with E-state index in [0.717, 1.165) is 71.5 Å². The van der Waals surface area contributed by atoms with Crippen molar-refractivity contribution in [2.45, 2.75) is 27.2 Å². The van der Waals surface area contributed by atoms with Crippen molar-refractivity contribution in [1.29, 1.82) is 0 Å². The Kier molecular flexibility index (Phi) is 7.40. The van der Waals surface area contributed by atoms with Crippen LogP contribution in [0.15, 0.2) is 36.4 Å². The SMILES string of the molecule is Cc1ccccc1OCC(=O)N(CCCN1CCOCC1)c1nc2c(C)ccc(C)c2s1. The number of benzene rings is 2. The molecule has 0 aliphatic carbocycles. The van der Waals surface area contributed by atoms with Gasteiger partial charge >= 0.3 is 0 Å². The van der Waals surface area contributed by atoms with Crippen molar-refractivity contribution in [3.05, 3.63) is 53.1 Å². The number of rotatable bonds is 8. The Hall–Kier alpha value is -2.48. The highest BCUT2D eigenvalue weighted by molar-refractivity contribution is 7.22. The molecule has 0 radical (unpaired) electrons. The molecule has 2 heterocycles. The van der Waals surface area contributed by atoms with Gasteiger partial charge in [-0.3, -0.25) is 14.6 Å². The molecule has 3 aromatic rings. The van der Waals surface area contributed by atoms with Crippen LogP contribution >= 0.6 is 11.3 Å². The van der Waals surface area contributed by atoms with E-state index in [1.165, 1.54) is 5.56 Å². The van der Waals surface area contributed by atoms with Gasteiger partial charge in [0.05, 0.1) is 23.4 Å². The number of para-hydroxylation sites is 1. The Balaban J connectivity index is 1.51. The van der Waals surface area contributed by atoms with Crippen LogP contribution in [-0.2, 0) is 9.53 Å². The van der Waals surface area contributed by atoms with Gasteiger partial charge in [-0.15, -0.1) is 0 Å². The number of aryl methyl sites for hydroxylation is 3. The summed E-state index contributed by atoms with van der Waals surface area (Å²) in [4.78, 5) is 22.4. The lowest BCUT2D eigenvalue weighted by molar-refractivity contribution is -0.120. The topological polar surface area (TPSA) is 54.9 Å². The van der Waals surface area contributed by atoms with Gasteiger partial charge in [-0.1, -0.05) is 41.7 Å². The predicted octanol–water partition coefficient (Wildman–Crippen LogP) is 4.36. The van der Waals surface area contributed by atoms with Gasteiger partial charge in [-0.25, -0.2) is 4.98 Å². The van der Waals surface area contributed by atoms with Gasteiger partial charge in [0.15, 0.2) is 11.7 Å². The van der Waals surface area contributed by atoms with Crippen molar-refractivity contribution >= 4 is 32.6 Å². The number of nitrogens with zero attached hydrogens (tertiary/aromatic N) is 3.